The van der Waals surface area contributed by atoms with E-state index in [1.165, 1.54) is 23.4 Å². The van der Waals surface area contributed by atoms with E-state index < -0.39 is 10.0 Å². The van der Waals surface area contributed by atoms with Gasteiger partial charge in [-0.25, -0.2) is 8.42 Å². The van der Waals surface area contributed by atoms with E-state index in [2.05, 4.69) is 5.32 Å². The van der Waals surface area contributed by atoms with E-state index in [1.54, 1.807) is 28.4 Å². The maximum Gasteiger partial charge on any atom is 0.243 e. The first kappa shape index (κ1) is 28.0. The number of benzene rings is 2. The normalized spacial score (nSPS) is 14.4. The molecule has 1 aliphatic carbocycles. The van der Waals surface area contributed by atoms with Crippen LogP contribution in [0, 0.1) is 6.92 Å². The number of nitrogens with one attached hydrogen (secondary N) is 1. The topological polar surface area (TPSA) is 86.8 Å². The predicted octanol–water partition coefficient (Wildman–Crippen LogP) is 5.57. The van der Waals surface area contributed by atoms with Crippen molar-refractivity contribution in [2.45, 2.75) is 70.0 Å². The van der Waals surface area contributed by atoms with Gasteiger partial charge in [-0.3, -0.25) is 9.59 Å². The van der Waals surface area contributed by atoms with Crippen molar-refractivity contribution < 1.29 is 18.0 Å². The molecule has 1 N–H and O–H groups in total. The molecule has 9 heteroatoms. The average Bonchev–Trinajstić information content (AvgIpc) is 3.31. The van der Waals surface area contributed by atoms with Gasteiger partial charge in [-0.2, -0.15) is 4.31 Å². The van der Waals surface area contributed by atoms with E-state index in [0.29, 0.717) is 18.8 Å². The molecule has 4 rings (SSSR count). The summed E-state index contributed by atoms with van der Waals surface area (Å²) < 4.78 is 29.3. The van der Waals surface area contributed by atoms with Crippen LogP contribution in [0.15, 0.2) is 70.9 Å². The lowest BCUT2D eigenvalue weighted by Gasteiger charge is -2.34. The van der Waals surface area contributed by atoms with E-state index >= 15 is 0 Å². The highest BCUT2D eigenvalue weighted by Gasteiger charge is 2.35. The smallest absolute Gasteiger partial charge is 0.243 e. The van der Waals surface area contributed by atoms with Crippen LogP contribution >= 0.6 is 11.3 Å². The lowest BCUT2D eigenvalue weighted by molar-refractivity contribution is -0.133. The zero-order valence-electron chi connectivity index (χ0n) is 21.9. The third kappa shape index (κ3) is 7.09. The maximum atomic E-state index is 13.9. The Morgan fingerprint density at radius 3 is 2.24 bits per heavy atom. The molecule has 202 valence electrons. The first-order chi connectivity index (χ1) is 18.2. The van der Waals surface area contributed by atoms with Crippen LogP contribution in [-0.2, 0) is 32.7 Å². The van der Waals surface area contributed by atoms with Crippen molar-refractivity contribution in [2.24, 2.45) is 0 Å². The molecule has 1 heterocycles. The van der Waals surface area contributed by atoms with Crippen molar-refractivity contribution in [3.8, 4) is 0 Å². The Balaban J connectivity index is 1.62. The van der Waals surface area contributed by atoms with Crippen molar-refractivity contribution in [1.29, 1.82) is 0 Å². The number of rotatable bonds is 10. The Bertz CT molecular complexity index is 1330. The average molecular weight is 554 g/mol. The Kier molecular flexibility index (Phi) is 9.35. The molecule has 1 aromatic heterocycles. The monoisotopic (exact) mass is 553 g/mol. The molecular weight excluding hydrogens is 518 g/mol. The van der Waals surface area contributed by atoms with Gasteiger partial charge in [0.2, 0.25) is 21.8 Å². The largest absolute Gasteiger partial charge is 0.332 e. The van der Waals surface area contributed by atoms with Gasteiger partial charge in [0.25, 0.3) is 0 Å². The number of sulfonamides is 1. The Labute approximate surface area is 229 Å². The van der Waals surface area contributed by atoms with Crippen LogP contribution in [0.3, 0.4) is 0 Å². The van der Waals surface area contributed by atoms with Crippen LogP contribution in [0.2, 0.25) is 0 Å². The van der Waals surface area contributed by atoms with Gasteiger partial charge in [0.15, 0.2) is 0 Å². The molecule has 0 saturated heterocycles. The zero-order chi connectivity index (χ0) is 27.1. The fourth-order valence-corrected chi connectivity index (χ4v) is 7.39. The lowest BCUT2D eigenvalue weighted by Crippen LogP contribution is -2.47. The highest BCUT2D eigenvalue weighted by molar-refractivity contribution is 7.89. The molecule has 0 radical (unpaired) electrons. The molecule has 38 heavy (non-hydrogen) atoms. The SMILES string of the molecule is CC(=O)Nc1ccc(S(=O)(=O)N(CC(=O)N(Cc2ccccc2)Cc2sccc2C)C2CCCCC2)cc1. The predicted molar refractivity (Wildman–Crippen MR) is 151 cm³/mol. The van der Waals surface area contributed by atoms with Crippen LogP contribution in [0.5, 0.6) is 0 Å². The third-order valence-corrected chi connectivity index (χ3v) is 9.85. The molecule has 7 nitrogen and oxygen atoms in total. The van der Waals surface area contributed by atoms with Crippen LogP contribution in [-0.4, -0.2) is 42.0 Å². The molecule has 0 spiro atoms. The minimum atomic E-state index is -3.94. The van der Waals surface area contributed by atoms with Crippen molar-refractivity contribution in [1.82, 2.24) is 9.21 Å². The van der Waals surface area contributed by atoms with Gasteiger partial charge in [-0.05, 0) is 66.6 Å². The van der Waals surface area contributed by atoms with Crippen LogP contribution < -0.4 is 5.32 Å². The summed E-state index contributed by atoms with van der Waals surface area (Å²) in [6.45, 7) is 4.06. The third-order valence-electron chi connectivity index (χ3n) is 6.93. The van der Waals surface area contributed by atoms with E-state index in [1.807, 2.05) is 48.7 Å². The van der Waals surface area contributed by atoms with E-state index in [-0.39, 0.29) is 29.3 Å². The number of amides is 2. The second-order valence-corrected chi connectivity index (χ2v) is 12.7. The summed E-state index contributed by atoms with van der Waals surface area (Å²) in [5.41, 5.74) is 2.64. The second-order valence-electron chi connectivity index (χ2n) is 9.81. The van der Waals surface area contributed by atoms with Gasteiger partial charge in [-0.1, -0.05) is 49.6 Å². The maximum absolute atomic E-state index is 13.9. The molecule has 1 saturated carbocycles. The molecule has 1 aliphatic rings. The summed E-state index contributed by atoms with van der Waals surface area (Å²) in [7, 11) is -3.94. The van der Waals surface area contributed by atoms with E-state index in [9.17, 15) is 18.0 Å². The Hall–Kier alpha value is -3.01. The number of hydrogen-bond donors (Lipinski definition) is 1. The number of aryl methyl sites for hydroxylation is 1. The van der Waals surface area contributed by atoms with Gasteiger partial charge in [0.1, 0.15) is 0 Å². The van der Waals surface area contributed by atoms with Crippen molar-refractivity contribution in [3.63, 3.8) is 0 Å². The van der Waals surface area contributed by atoms with Gasteiger partial charge in [-0.15, -0.1) is 11.3 Å². The fourth-order valence-electron chi connectivity index (χ4n) is 4.84. The number of thiophene rings is 1. The van der Waals surface area contributed by atoms with Crippen LogP contribution in [0.25, 0.3) is 0 Å². The summed E-state index contributed by atoms with van der Waals surface area (Å²) in [4.78, 5) is 28.2. The summed E-state index contributed by atoms with van der Waals surface area (Å²) in [5, 5.41) is 4.68. The van der Waals surface area contributed by atoms with E-state index in [0.717, 1.165) is 48.1 Å². The number of hydrogen-bond acceptors (Lipinski definition) is 5. The minimum absolute atomic E-state index is 0.119. The molecule has 0 bridgehead atoms. The van der Waals surface area contributed by atoms with Gasteiger partial charge < -0.3 is 10.2 Å². The molecule has 0 unspecified atom stereocenters. The number of anilines is 1. The lowest BCUT2D eigenvalue weighted by atomic mass is 9.95. The van der Waals surface area contributed by atoms with Crippen LogP contribution in [0.4, 0.5) is 5.69 Å². The highest BCUT2D eigenvalue weighted by atomic mass is 32.2. The highest BCUT2D eigenvalue weighted by Crippen LogP contribution is 2.29. The Morgan fingerprint density at radius 1 is 0.947 bits per heavy atom. The molecule has 0 atom stereocenters. The summed E-state index contributed by atoms with van der Waals surface area (Å²) >= 11 is 1.60. The summed E-state index contributed by atoms with van der Waals surface area (Å²) in [6.07, 6.45) is 4.42. The number of carbonyl (C=O) groups is 2. The number of nitrogens with zero attached hydrogens (tertiary/aromatic N) is 2. The van der Waals surface area contributed by atoms with Crippen molar-refractivity contribution >= 4 is 38.9 Å². The fraction of sp³-hybridized carbons (Fsp3) is 0.379. The molecule has 2 aromatic carbocycles. The molecule has 2 amide bonds. The summed E-state index contributed by atoms with van der Waals surface area (Å²) in [6, 6.07) is 17.7. The second kappa shape index (κ2) is 12.7. The standard InChI is InChI=1S/C29H35N3O4S2/c1-22-17-18-37-28(22)20-31(19-24-9-5-3-6-10-24)29(34)21-32(26-11-7-4-8-12-26)38(35,36)27-15-13-25(14-16-27)30-23(2)33/h3,5-6,9-10,13-18,26H,4,7-8,11-12,19-21H2,1-2H3,(H,30,33). The van der Waals surface area contributed by atoms with Gasteiger partial charge in [0, 0.05) is 30.1 Å². The minimum Gasteiger partial charge on any atom is -0.332 e. The quantitative estimate of drug-likeness (QED) is 0.356. The first-order valence-electron chi connectivity index (χ1n) is 13.0. The first-order valence-corrected chi connectivity index (χ1v) is 15.3. The van der Waals surface area contributed by atoms with Crippen molar-refractivity contribution in [3.05, 3.63) is 82.0 Å². The van der Waals surface area contributed by atoms with Gasteiger partial charge in [0.05, 0.1) is 18.0 Å². The zero-order valence-corrected chi connectivity index (χ0v) is 23.6. The Morgan fingerprint density at radius 2 is 1.63 bits per heavy atom. The van der Waals surface area contributed by atoms with Crippen molar-refractivity contribution in [2.75, 3.05) is 11.9 Å². The molecule has 1 fully saturated rings. The summed E-state index contributed by atoms with van der Waals surface area (Å²) in [5.74, 6) is -0.444. The molecular formula is C29H35N3O4S2. The van der Waals surface area contributed by atoms with E-state index in [4.69, 9.17) is 0 Å². The van der Waals surface area contributed by atoms with Gasteiger partial charge >= 0.3 is 0 Å². The number of carbonyl (C=O) groups excluding carboxylic acids is 2. The van der Waals surface area contributed by atoms with Crippen LogP contribution in [0.1, 0.15) is 55.0 Å². The molecule has 3 aromatic rings. The molecule has 0 aliphatic heterocycles.